The van der Waals surface area contributed by atoms with Crippen LogP contribution in [0.2, 0.25) is 0 Å². The number of ether oxygens (including phenoxy) is 4. The quantitative estimate of drug-likeness (QED) is 0.0204. The largest absolute Gasteiger partial charge is 0.394 e. The molecular formula is C63H111NO13. The SMILES string of the molecule is CC/C=C\C/C=C\C/C=C\C/C=C\C/C=C\CCCCCC(=O)NC(COC1OC(CO)C(OC2OC(CO)C(O)C(O)C2O)C(O)C1O)C(O)/C=C/CCCCCCCCCCCCCCCCCCCCCCCC. The summed E-state index contributed by atoms with van der Waals surface area (Å²) in [7, 11) is 0. The van der Waals surface area contributed by atoms with Crippen molar-refractivity contribution in [2.75, 3.05) is 19.8 Å². The normalized spacial score (nSPS) is 25.2. The average molecular weight is 1090 g/mol. The fraction of sp³-hybridized carbons (Fsp3) is 0.794. The van der Waals surface area contributed by atoms with Gasteiger partial charge in [-0.1, -0.05) is 228 Å². The van der Waals surface area contributed by atoms with Gasteiger partial charge in [0.1, 0.15) is 48.8 Å². The van der Waals surface area contributed by atoms with Crippen LogP contribution >= 0.6 is 0 Å². The summed E-state index contributed by atoms with van der Waals surface area (Å²) < 4.78 is 22.8. The molecule has 2 aliphatic rings. The topological polar surface area (TPSA) is 228 Å². The van der Waals surface area contributed by atoms with Crippen LogP contribution in [0.4, 0.5) is 0 Å². The Bertz CT molecular complexity index is 1570. The number of unbranched alkanes of at least 4 members (excludes halogenated alkanes) is 25. The van der Waals surface area contributed by atoms with E-state index in [0.717, 1.165) is 70.6 Å². The third-order valence-electron chi connectivity index (χ3n) is 14.6. The van der Waals surface area contributed by atoms with E-state index in [2.05, 4.69) is 79.9 Å². The van der Waals surface area contributed by atoms with Gasteiger partial charge in [-0.15, -0.1) is 0 Å². The van der Waals surface area contributed by atoms with Crippen LogP contribution in [0.3, 0.4) is 0 Å². The highest BCUT2D eigenvalue weighted by Crippen LogP contribution is 2.30. The van der Waals surface area contributed by atoms with Gasteiger partial charge in [0.15, 0.2) is 12.6 Å². The Hall–Kier alpha value is -2.57. The first-order valence-corrected chi connectivity index (χ1v) is 30.7. The van der Waals surface area contributed by atoms with Gasteiger partial charge < -0.3 is 65.1 Å². The number of hydrogen-bond donors (Lipinski definition) is 9. The maximum Gasteiger partial charge on any atom is 0.220 e. The summed E-state index contributed by atoms with van der Waals surface area (Å²) in [5, 5.41) is 87.1. The van der Waals surface area contributed by atoms with Crippen LogP contribution in [0.25, 0.3) is 0 Å². The second-order valence-corrected chi connectivity index (χ2v) is 21.5. The highest BCUT2D eigenvalue weighted by atomic mass is 16.7. The minimum Gasteiger partial charge on any atom is -0.394 e. The zero-order valence-electron chi connectivity index (χ0n) is 47.9. The summed E-state index contributed by atoms with van der Waals surface area (Å²) in [4.78, 5) is 13.3. The molecule has 12 atom stereocenters. The van der Waals surface area contributed by atoms with Crippen LogP contribution in [0.1, 0.15) is 226 Å². The molecule has 0 aliphatic carbocycles. The van der Waals surface area contributed by atoms with Crippen LogP contribution in [0.15, 0.2) is 72.9 Å². The minimum atomic E-state index is -1.79. The first kappa shape index (κ1) is 70.5. The van der Waals surface area contributed by atoms with Gasteiger partial charge in [0, 0.05) is 6.42 Å². The van der Waals surface area contributed by atoms with E-state index < -0.39 is 86.8 Å². The number of rotatable bonds is 48. The predicted octanol–water partition coefficient (Wildman–Crippen LogP) is 10.7. The Balaban J connectivity index is 1.77. The van der Waals surface area contributed by atoms with E-state index in [9.17, 15) is 45.6 Å². The first-order chi connectivity index (χ1) is 37.6. The summed E-state index contributed by atoms with van der Waals surface area (Å²) in [5.41, 5.74) is 0. The summed E-state index contributed by atoms with van der Waals surface area (Å²) in [6.45, 7) is 2.67. The number of amides is 1. The molecular weight excluding hydrogens is 979 g/mol. The van der Waals surface area contributed by atoms with Gasteiger partial charge in [0.25, 0.3) is 0 Å². The van der Waals surface area contributed by atoms with Crippen molar-refractivity contribution in [1.82, 2.24) is 5.32 Å². The summed E-state index contributed by atoms with van der Waals surface area (Å²) in [5.74, 6) is -0.271. The lowest BCUT2D eigenvalue weighted by atomic mass is 9.97. The maximum atomic E-state index is 13.3. The van der Waals surface area contributed by atoms with Gasteiger partial charge in [-0.3, -0.25) is 4.79 Å². The Morgan fingerprint density at radius 2 is 0.896 bits per heavy atom. The highest BCUT2D eigenvalue weighted by Gasteiger charge is 2.51. The van der Waals surface area contributed by atoms with Gasteiger partial charge in [-0.25, -0.2) is 0 Å². The number of nitrogens with one attached hydrogen (secondary N) is 1. The molecule has 2 rings (SSSR count). The number of hydrogen-bond acceptors (Lipinski definition) is 13. The van der Waals surface area contributed by atoms with Gasteiger partial charge in [-0.05, 0) is 64.2 Å². The third kappa shape index (κ3) is 33.7. The zero-order chi connectivity index (χ0) is 56.0. The zero-order valence-corrected chi connectivity index (χ0v) is 47.9. The fourth-order valence-corrected chi connectivity index (χ4v) is 9.73. The molecule has 2 aliphatic heterocycles. The van der Waals surface area contributed by atoms with Crippen molar-refractivity contribution < 1.29 is 64.6 Å². The second kappa shape index (κ2) is 48.2. The third-order valence-corrected chi connectivity index (χ3v) is 14.6. The lowest BCUT2D eigenvalue weighted by molar-refractivity contribution is -0.359. The number of aliphatic hydroxyl groups is 8. The van der Waals surface area contributed by atoms with Crippen molar-refractivity contribution in [3.63, 3.8) is 0 Å². The lowest BCUT2D eigenvalue weighted by Gasteiger charge is -2.46. The first-order valence-electron chi connectivity index (χ1n) is 30.7. The van der Waals surface area contributed by atoms with Crippen LogP contribution in [0.5, 0.6) is 0 Å². The van der Waals surface area contributed by atoms with Crippen LogP contribution in [-0.2, 0) is 23.7 Å². The summed E-state index contributed by atoms with van der Waals surface area (Å²) in [6, 6.07) is -0.937. The van der Waals surface area contributed by atoms with Crippen molar-refractivity contribution in [3.8, 4) is 0 Å². The molecule has 0 aromatic heterocycles. The highest BCUT2D eigenvalue weighted by molar-refractivity contribution is 5.76. The smallest absolute Gasteiger partial charge is 0.220 e. The van der Waals surface area contributed by atoms with E-state index in [0.29, 0.717) is 6.42 Å². The van der Waals surface area contributed by atoms with Crippen LogP contribution in [0, 0.1) is 0 Å². The van der Waals surface area contributed by atoms with Crippen LogP contribution in [-0.4, -0.2) is 140 Å². The molecule has 2 saturated heterocycles. The second-order valence-electron chi connectivity index (χ2n) is 21.5. The molecule has 77 heavy (non-hydrogen) atoms. The molecule has 9 N–H and O–H groups in total. The lowest BCUT2D eigenvalue weighted by Crippen LogP contribution is -2.65. The van der Waals surface area contributed by atoms with Gasteiger partial charge in [0.2, 0.25) is 5.91 Å². The van der Waals surface area contributed by atoms with Crippen molar-refractivity contribution in [3.05, 3.63) is 72.9 Å². The fourth-order valence-electron chi connectivity index (χ4n) is 9.73. The molecule has 2 heterocycles. The molecule has 1 amide bonds. The number of allylic oxidation sites excluding steroid dienone is 11. The molecule has 0 spiro atoms. The molecule has 0 radical (unpaired) electrons. The molecule has 14 nitrogen and oxygen atoms in total. The Morgan fingerprint density at radius 3 is 1.38 bits per heavy atom. The van der Waals surface area contributed by atoms with E-state index in [-0.39, 0.29) is 18.9 Å². The van der Waals surface area contributed by atoms with Gasteiger partial charge >= 0.3 is 0 Å². The monoisotopic (exact) mass is 1090 g/mol. The van der Waals surface area contributed by atoms with E-state index >= 15 is 0 Å². The average Bonchev–Trinajstić information content (AvgIpc) is 3.44. The van der Waals surface area contributed by atoms with E-state index in [1.165, 1.54) is 128 Å². The van der Waals surface area contributed by atoms with Crippen molar-refractivity contribution in [2.45, 2.75) is 299 Å². The maximum absolute atomic E-state index is 13.3. The van der Waals surface area contributed by atoms with Crippen LogP contribution < -0.4 is 5.32 Å². The van der Waals surface area contributed by atoms with Gasteiger partial charge in [-0.2, -0.15) is 0 Å². The summed E-state index contributed by atoms with van der Waals surface area (Å²) in [6.07, 6.45) is 46.5. The Morgan fingerprint density at radius 1 is 0.481 bits per heavy atom. The molecule has 12 unspecified atom stereocenters. The number of carbonyl (C=O) groups is 1. The summed E-state index contributed by atoms with van der Waals surface area (Å²) >= 11 is 0. The molecule has 0 bridgehead atoms. The Labute approximate surface area is 466 Å². The molecule has 14 heteroatoms. The van der Waals surface area contributed by atoms with E-state index in [1.807, 2.05) is 6.08 Å². The number of aliphatic hydroxyl groups excluding tert-OH is 8. The van der Waals surface area contributed by atoms with E-state index in [1.54, 1.807) is 6.08 Å². The predicted molar refractivity (Wildman–Crippen MR) is 309 cm³/mol. The molecule has 2 fully saturated rings. The minimum absolute atomic E-state index is 0.239. The van der Waals surface area contributed by atoms with Crippen molar-refractivity contribution in [2.24, 2.45) is 0 Å². The Kier molecular flexibility index (Phi) is 44.1. The molecule has 0 saturated carbocycles. The van der Waals surface area contributed by atoms with Crippen molar-refractivity contribution in [1.29, 1.82) is 0 Å². The van der Waals surface area contributed by atoms with Crippen molar-refractivity contribution >= 4 is 5.91 Å². The molecule has 0 aromatic carbocycles. The number of carbonyl (C=O) groups excluding carboxylic acids is 1. The molecule has 446 valence electrons. The van der Waals surface area contributed by atoms with E-state index in [4.69, 9.17) is 18.9 Å². The standard InChI is InChI=1S/C63H111NO13/c1-3-5-7-9-11-13-15-17-19-21-23-24-25-26-27-29-30-32-34-36-38-40-42-44-46-52(67)51(64-55(68)47-45-43-41-39-37-35-33-31-28-22-20-18-16-14-12-10-8-6-4-2)50-74-62-60(73)58(71)61(54(49-66)76-62)77-63-59(72)57(70)56(69)53(48-65)75-63/h6,8,12,14,18,20,28,31,35,37,44,46,51-54,56-63,65-67,69-73H,3-5,7,9-11,13,15-17,19,21-27,29-30,32-34,36,38-43,45,47-50H2,1-2H3,(H,64,68)/b8-6-,14-12-,20-18-,31-28-,37-35-,46-44+. The van der Waals surface area contributed by atoms with Gasteiger partial charge in [0.05, 0.1) is 32.0 Å². The molecule has 0 aromatic rings.